The highest BCUT2D eigenvalue weighted by molar-refractivity contribution is 6.74. The third-order valence-electron chi connectivity index (χ3n) is 4.79. The summed E-state index contributed by atoms with van der Waals surface area (Å²) in [5.41, 5.74) is 1.10. The molecule has 0 bridgehead atoms. The monoisotopic (exact) mass is 350 g/mol. The molecule has 0 aliphatic heterocycles. The van der Waals surface area contributed by atoms with E-state index in [1.54, 1.807) is 0 Å². The maximum Gasteiger partial charge on any atom is 0.193 e. The fraction of sp³-hybridized carbons (Fsp3) is 0.600. The van der Waals surface area contributed by atoms with Crippen LogP contribution in [0.5, 0.6) is 0 Å². The van der Waals surface area contributed by atoms with Gasteiger partial charge < -0.3 is 14.3 Å². The van der Waals surface area contributed by atoms with Crippen molar-refractivity contribution >= 4 is 8.32 Å². The second kappa shape index (κ2) is 8.95. The topological polar surface area (TPSA) is 38.7 Å². The molecule has 0 unspecified atom stereocenters. The first kappa shape index (κ1) is 21.1. The summed E-state index contributed by atoms with van der Waals surface area (Å²) in [6, 6.07) is 10.0. The van der Waals surface area contributed by atoms with Crippen molar-refractivity contribution in [2.24, 2.45) is 0 Å². The smallest absolute Gasteiger partial charge is 0.193 e. The summed E-state index contributed by atoms with van der Waals surface area (Å²) in [5.74, 6) is 0. The number of aliphatic hydroxyl groups excluding tert-OH is 1. The molecule has 1 rings (SSSR count). The van der Waals surface area contributed by atoms with Gasteiger partial charge in [-0.05, 0) is 37.5 Å². The molecule has 3 atom stereocenters. The van der Waals surface area contributed by atoms with Gasteiger partial charge in [-0.2, -0.15) is 0 Å². The average Bonchev–Trinajstić information content (AvgIpc) is 2.51. The molecule has 1 aromatic carbocycles. The highest BCUT2D eigenvalue weighted by atomic mass is 28.4. The number of aliphatic hydroxyl groups is 1. The summed E-state index contributed by atoms with van der Waals surface area (Å²) in [6.45, 7) is 15.3. The van der Waals surface area contributed by atoms with Crippen LogP contribution < -0.4 is 0 Å². The molecule has 0 heterocycles. The minimum absolute atomic E-state index is 0.0979. The highest BCUT2D eigenvalue weighted by Crippen LogP contribution is 2.38. The van der Waals surface area contributed by atoms with Crippen molar-refractivity contribution < 1.29 is 14.3 Å². The number of benzene rings is 1. The standard InChI is InChI=1S/C20H34O3Si/c1-8-12-18(23-24(6,7)20(3,4)5)19(21)16(2)22-15-17-13-10-9-11-14-17/h8-14,16,18-19,21H,15H2,1-7H3/b12-8+/t16-,18+,19+/m0/s1. The fourth-order valence-corrected chi connectivity index (χ4v) is 3.35. The molecular weight excluding hydrogens is 316 g/mol. The Kier molecular flexibility index (Phi) is 7.87. The van der Waals surface area contributed by atoms with E-state index in [4.69, 9.17) is 9.16 Å². The van der Waals surface area contributed by atoms with Crippen molar-refractivity contribution in [3.05, 3.63) is 48.0 Å². The molecular formula is C20H34O3Si. The van der Waals surface area contributed by atoms with Crippen LogP contribution in [0.15, 0.2) is 42.5 Å². The zero-order valence-corrected chi connectivity index (χ0v) is 17.2. The second-order valence-electron chi connectivity index (χ2n) is 7.86. The van der Waals surface area contributed by atoms with Crippen molar-refractivity contribution in [1.29, 1.82) is 0 Å². The molecule has 3 nitrogen and oxygen atoms in total. The lowest BCUT2D eigenvalue weighted by Crippen LogP contribution is -2.49. The molecule has 0 saturated heterocycles. The molecule has 0 aliphatic carbocycles. The van der Waals surface area contributed by atoms with Gasteiger partial charge in [0, 0.05) is 0 Å². The van der Waals surface area contributed by atoms with Crippen LogP contribution in [-0.4, -0.2) is 31.7 Å². The van der Waals surface area contributed by atoms with E-state index in [9.17, 15) is 5.11 Å². The van der Waals surface area contributed by atoms with Gasteiger partial charge in [0.1, 0.15) is 6.10 Å². The number of rotatable bonds is 8. The van der Waals surface area contributed by atoms with Crippen molar-refractivity contribution in [3.8, 4) is 0 Å². The van der Waals surface area contributed by atoms with E-state index < -0.39 is 14.4 Å². The number of hydrogen-bond acceptors (Lipinski definition) is 3. The Morgan fingerprint density at radius 2 is 1.75 bits per heavy atom. The van der Waals surface area contributed by atoms with Gasteiger partial charge in [0.15, 0.2) is 8.32 Å². The molecule has 0 aromatic heterocycles. The summed E-state index contributed by atoms with van der Waals surface area (Å²) in [7, 11) is -1.97. The molecule has 0 radical (unpaired) electrons. The van der Waals surface area contributed by atoms with E-state index >= 15 is 0 Å². The van der Waals surface area contributed by atoms with Crippen LogP contribution in [0.3, 0.4) is 0 Å². The molecule has 0 amide bonds. The Morgan fingerprint density at radius 1 is 1.17 bits per heavy atom. The summed E-state index contributed by atoms with van der Waals surface area (Å²) >= 11 is 0. The molecule has 4 heteroatoms. The van der Waals surface area contributed by atoms with Crippen LogP contribution in [-0.2, 0) is 15.8 Å². The Hall–Kier alpha value is -0.943. The van der Waals surface area contributed by atoms with Crippen LogP contribution in [0.1, 0.15) is 40.2 Å². The van der Waals surface area contributed by atoms with Crippen molar-refractivity contribution in [3.63, 3.8) is 0 Å². The lowest BCUT2D eigenvalue weighted by atomic mass is 10.1. The first-order valence-electron chi connectivity index (χ1n) is 8.72. The molecule has 0 spiro atoms. The number of ether oxygens (including phenoxy) is 1. The zero-order valence-electron chi connectivity index (χ0n) is 16.2. The van der Waals surface area contributed by atoms with E-state index in [1.165, 1.54) is 0 Å². The Balaban J connectivity index is 2.73. The lowest BCUT2D eigenvalue weighted by molar-refractivity contribution is -0.0709. The maximum atomic E-state index is 10.7. The highest BCUT2D eigenvalue weighted by Gasteiger charge is 2.40. The summed E-state index contributed by atoms with van der Waals surface area (Å²) in [4.78, 5) is 0. The van der Waals surface area contributed by atoms with Gasteiger partial charge in [-0.25, -0.2) is 0 Å². The molecule has 0 fully saturated rings. The zero-order chi connectivity index (χ0) is 18.4. The third kappa shape index (κ3) is 6.17. The molecule has 24 heavy (non-hydrogen) atoms. The third-order valence-corrected chi connectivity index (χ3v) is 9.27. The second-order valence-corrected chi connectivity index (χ2v) is 12.6. The van der Waals surface area contributed by atoms with Crippen molar-refractivity contribution in [2.45, 2.75) is 77.7 Å². The Labute approximate surface area is 148 Å². The largest absolute Gasteiger partial charge is 0.408 e. The quantitative estimate of drug-likeness (QED) is 0.534. The average molecular weight is 351 g/mol. The minimum atomic E-state index is -1.97. The predicted octanol–water partition coefficient (Wildman–Crippen LogP) is 4.92. The van der Waals surface area contributed by atoms with Gasteiger partial charge in [-0.3, -0.25) is 0 Å². The summed E-state index contributed by atoms with van der Waals surface area (Å²) in [5, 5.41) is 10.8. The van der Waals surface area contributed by atoms with E-state index in [2.05, 4.69) is 33.9 Å². The van der Waals surface area contributed by atoms with Gasteiger partial charge in [0.2, 0.25) is 0 Å². The number of hydrogen-bond donors (Lipinski definition) is 1. The van der Waals surface area contributed by atoms with E-state index in [-0.39, 0.29) is 17.2 Å². The molecule has 1 N–H and O–H groups in total. The molecule has 0 aliphatic rings. The fourth-order valence-electron chi connectivity index (χ4n) is 2.10. The van der Waals surface area contributed by atoms with Crippen LogP contribution in [0.25, 0.3) is 0 Å². The Morgan fingerprint density at radius 3 is 2.25 bits per heavy atom. The van der Waals surface area contributed by atoms with Crippen LogP contribution in [0.4, 0.5) is 0 Å². The molecule has 136 valence electrons. The van der Waals surface area contributed by atoms with Crippen molar-refractivity contribution in [2.75, 3.05) is 0 Å². The van der Waals surface area contributed by atoms with Gasteiger partial charge in [-0.1, -0.05) is 63.3 Å². The molecule has 0 saturated carbocycles. The normalized spacial score (nSPS) is 17.0. The van der Waals surface area contributed by atoms with Gasteiger partial charge >= 0.3 is 0 Å². The SMILES string of the molecule is C/C=C/[C@@H](O[Si](C)(C)C(C)(C)C)[C@H](O)[C@H](C)OCc1ccccc1. The first-order chi connectivity index (χ1) is 11.1. The van der Waals surface area contributed by atoms with Crippen LogP contribution in [0.2, 0.25) is 18.1 Å². The van der Waals surface area contributed by atoms with Gasteiger partial charge in [-0.15, -0.1) is 0 Å². The molecule has 1 aromatic rings. The van der Waals surface area contributed by atoms with E-state index in [1.807, 2.05) is 56.3 Å². The van der Waals surface area contributed by atoms with Crippen molar-refractivity contribution in [1.82, 2.24) is 0 Å². The predicted molar refractivity (Wildman–Crippen MR) is 104 cm³/mol. The van der Waals surface area contributed by atoms with E-state index in [0.717, 1.165) is 5.56 Å². The van der Waals surface area contributed by atoms with Gasteiger partial charge in [0.05, 0.1) is 18.8 Å². The lowest BCUT2D eigenvalue weighted by Gasteiger charge is -2.40. The van der Waals surface area contributed by atoms with Crippen LogP contribution >= 0.6 is 0 Å². The van der Waals surface area contributed by atoms with Crippen LogP contribution in [0, 0.1) is 0 Å². The Bertz CT molecular complexity index is 505. The van der Waals surface area contributed by atoms with E-state index in [0.29, 0.717) is 6.61 Å². The maximum absolute atomic E-state index is 10.7. The first-order valence-corrected chi connectivity index (χ1v) is 11.6. The summed E-state index contributed by atoms with van der Waals surface area (Å²) in [6.07, 6.45) is 2.52. The summed E-state index contributed by atoms with van der Waals surface area (Å²) < 4.78 is 12.3. The minimum Gasteiger partial charge on any atom is -0.408 e. The number of allylic oxidation sites excluding steroid dienone is 1. The van der Waals surface area contributed by atoms with Gasteiger partial charge in [0.25, 0.3) is 0 Å².